The van der Waals surface area contributed by atoms with Gasteiger partial charge in [-0.25, -0.2) is 0 Å². The van der Waals surface area contributed by atoms with Crippen molar-refractivity contribution in [3.05, 3.63) is 17.3 Å². The van der Waals surface area contributed by atoms with Gasteiger partial charge in [-0.1, -0.05) is 11.6 Å². The summed E-state index contributed by atoms with van der Waals surface area (Å²) in [6, 6.07) is 4.10. The van der Waals surface area contributed by atoms with Gasteiger partial charge in [0.2, 0.25) is 0 Å². The van der Waals surface area contributed by atoms with Crippen LogP contribution in [0.1, 0.15) is 6.42 Å². The van der Waals surface area contributed by atoms with Crippen LogP contribution in [0.5, 0.6) is 0 Å². The lowest BCUT2D eigenvalue weighted by molar-refractivity contribution is -0.0246. The zero-order valence-corrected chi connectivity index (χ0v) is 11.2. The number of piperidine rings is 1. The molecule has 1 aromatic heterocycles. The van der Waals surface area contributed by atoms with Gasteiger partial charge in [-0.15, -0.1) is 10.2 Å². The number of morpholine rings is 1. The van der Waals surface area contributed by atoms with E-state index < -0.39 is 0 Å². The summed E-state index contributed by atoms with van der Waals surface area (Å²) in [5.74, 6) is 0.896. The van der Waals surface area contributed by atoms with Crippen LogP contribution in [0.15, 0.2) is 12.1 Å². The molecule has 18 heavy (non-hydrogen) atoms. The van der Waals surface area contributed by atoms with Crippen molar-refractivity contribution in [2.75, 3.05) is 38.2 Å². The molecule has 0 amide bonds. The molecular formula is C12H17ClN4O. The summed E-state index contributed by atoms with van der Waals surface area (Å²) in [7, 11) is 2.15. The molecule has 3 rings (SSSR count). The number of rotatable bonds is 1. The highest BCUT2D eigenvalue weighted by molar-refractivity contribution is 6.29. The molecule has 0 saturated carbocycles. The fourth-order valence-electron chi connectivity index (χ4n) is 2.78. The summed E-state index contributed by atoms with van der Waals surface area (Å²) >= 11 is 5.79. The molecule has 2 atom stereocenters. The Morgan fingerprint density at radius 3 is 3.00 bits per heavy atom. The average Bonchev–Trinajstić information content (AvgIpc) is 2.39. The van der Waals surface area contributed by atoms with Crippen molar-refractivity contribution in [3.8, 4) is 0 Å². The Morgan fingerprint density at radius 1 is 1.33 bits per heavy atom. The van der Waals surface area contributed by atoms with Crippen molar-refractivity contribution in [3.63, 3.8) is 0 Å². The second-order valence-corrected chi connectivity index (χ2v) is 5.32. The Hall–Kier alpha value is -0.910. The van der Waals surface area contributed by atoms with E-state index in [1.165, 1.54) is 0 Å². The number of halogens is 1. The normalized spacial score (nSPS) is 29.1. The van der Waals surface area contributed by atoms with Gasteiger partial charge in [0.15, 0.2) is 11.0 Å². The fraction of sp³-hybridized carbons (Fsp3) is 0.667. The van der Waals surface area contributed by atoms with Crippen molar-refractivity contribution >= 4 is 17.4 Å². The smallest absolute Gasteiger partial charge is 0.151 e. The van der Waals surface area contributed by atoms with E-state index >= 15 is 0 Å². The second-order valence-electron chi connectivity index (χ2n) is 4.94. The minimum atomic E-state index is 0.312. The van der Waals surface area contributed by atoms with E-state index in [1.54, 1.807) is 6.07 Å². The zero-order chi connectivity index (χ0) is 12.5. The molecule has 0 spiro atoms. The number of likely N-dealkylation sites (N-methyl/N-ethyl adjacent to an activating group) is 1. The Bertz CT molecular complexity index is 413. The molecule has 0 N–H and O–H groups in total. The minimum Gasteiger partial charge on any atom is -0.374 e. The number of nitrogens with zero attached hydrogens (tertiary/aromatic N) is 4. The van der Waals surface area contributed by atoms with Crippen molar-refractivity contribution < 1.29 is 4.74 Å². The van der Waals surface area contributed by atoms with Crippen LogP contribution in [0.25, 0.3) is 0 Å². The maximum absolute atomic E-state index is 5.86. The largest absolute Gasteiger partial charge is 0.374 e. The molecule has 0 unspecified atom stereocenters. The summed E-state index contributed by atoms with van der Waals surface area (Å²) < 4.78 is 5.86. The van der Waals surface area contributed by atoms with Crippen molar-refractivity contribution in [1.29, 1.82) is 0 Å². The lowest BCUT2D eigenvalue weighted by Crippen LogP contribution is -2.59. The van der Waals surface area contributed by atoms with Crippen LogP contribution in [-0.4, -0.2) is 60.5 Å². The first-order valence-corrected chi connectivity index (χ1v) is 6.68. The zero-order valence-electron chi connectivity index (χ0n) is 10.4. The molecule has 0 bridgehead atoms. The van der Waals surface area contributed by atoms with Gasteiger partial charge in [0, 0.05) is 19.6 Å². The van der Waals surface area contributed by atoms with E-state index in [0.717, 1.165) is 38.5 Å². The second kappa shape index (κ2) is 4.99. The summed E-state index contributed by atoms with van der Waals surface area (Å²) in [6.45, 7) is 3.73. The maximum Gasteiger partial charge on any atom is 0.151 e. The first kappa shape index (κ1) is 12.1. The predicted octanol–water partition coefficient (Wildman–Crippen LogP) is 1.04. The third kappa shape index (κ3) is 2.30. The van der Waals surface area contributed by atoms with E-state index in [4.69, 9.17) is 16.3 Å². The number of ether oxygens (including phenoxy) is 1. The number of hydrogen-bond acceptors (Lipinski definition) is 5. The molecule has 2 saturated heterocycles. The molecule has 3 heterocycles. The van der Waals surface area contributed by atoms with Crippen LogP contribution in [-0.2, 0) is 4.74 Å². The molecule has 0 aliphatic carbocycles. The number of hydrogen-bond donors (Lipinski definition) is 0. The van der Waals surface area contributed by atoms with Gasteiger partial charge in [0.25, 0.3) is 0 Å². The minimum absolute atomic E-state index is 0.312. The van der Waals surface area contributed by atoms with Crippen LogP contribution in [0.4, 0.5) is 5.82 Å². The number of aromatic nitrogens is 2. The van der Waals surface area contributed by atoms with Gasteiger partial charge in [-0.05, 0) is 25.6 Å². The summed E-state index contributed by atoms with van der Waals surface area (Å²) in [5, 5.41) is 8.55. The van der Waals surface area contributed by atoms with E-state index in [-0.39, 0.29) is 0 Å². The number of anilines is 1. The van der Waals surface area contributed by atoms with E-state index in [0.29, 0.717) is 17.3 Å². The lowest BCUT2D eigenvalue weighted by Gasteiger charge is -2.46. The first-order valence-electron chi connectivity index (χ1n) is 6.30. The van der Waals surface area contributed by atoms with Crippen LogP contribution in [0.3, 0.4) is 0 Å². The van der Waals surface area contributed by atoms with Gasteiger partial charge >= 0.3 is 0 Å². The molecule has 5 nitrogen and oxygen atoms in total. The standard InChI is InChI=1S/C12H17ClN4O/c1-16-5-4-10-9(8-16)17(6-7-18-10)12-3-2-11(13)14-15-12/h2-3,9-10H,4-8H2,1H3/t9-,10+/m0/s1. The molecule has 1 aromatic rings. The number of fused-ring (bicyclic) bond motifs is 1. The van der Waals surface area contributed by atoms with Crippen molar-refractivity contribution in [2.45, 2.75) is 18.6 Å². The Labute approximate surface area is 112 Å². The highest BCUT2D eigenvalue weighted by atomic mass is 35.5. The molecule has 0 radical (unpaired) electrons. The SMILES string of the molecule is CN1CC[C@H]2OCCN(c3ccc(Cl)nn3)[C@H]2C1. The quantitative estimate of drug-likeness (QED) is 0.761. The summed E-state index contributed by atoms with van der Waals surface area (Å²) in [6.07, 6.45) is 1.39. The third-order valence-corrected chi connectivity index (χ3v) is 3.90. The summed E-state index contributed by atoms with van der Waals surface area (Å²) in [5.41, 5.74) is 0. The highest BCUT2D eigenvalue weighted by Gasteiger charge is 2.36. The van der Waals surface area contributed by atoms with Crippen LogP contribution in [0, 0.1) is 0 Å². The average molecular weight is 269 g/mol. The van der Waals surface area contributed by atoms with Crippen molar-refractivity contribution in [2.24, 2.45) is 0 Å². The van der Waals surface area contributed by atoms with E-state index in [2.05, 4.69) is 27.0 Å². The summed E-state index contributed by atoms with van der Waals surface area (Å²) in [4.78, 5) is 4.64. The molecule has 2 aliphatic rings. The molecule has 98 valence electrons. The van der Waals surface area contributed by atoms with Gasteiger partial charge in [-0.3, -0.25) is 0 Å². The van der Waals surface area contributed by atoms with E-state index in [1.807, 2.05) is 6.07 Å². The third-order valence-electron chi connectivity index (χ3n) is 3.70. The van der Waals surface area contributed by atoms with Crippen LogP contribution >= 0.6 is 11.6 Å². The van der Waals surface area contributed by atoms with Crippen LogP contribution in [0.2, 0.25) is 5.15 Å². The molecular weight excluding hydrogens is 252 g/mol. The van der Waals surface area contributed by atoms with Crippen molar-refractivity contribution in [1.82, 2.24) is 15.1 Å². The topological polar surface area (TPSA) is 41.5 Å². The van der Waals surface area contributed by atoms with Gasteiger partial charge in [-0.2, -0.15) is 0 Å². The number of likely N-dealkylation sites (tertiary alicyclic amines) is 1. The monoisotopic (exact) mass is 268 g/mol. The molecule has 6 heteroatoms. The van der Waals surface area contributed by atoms with E-state index in [9.17, 15) is 0 Å². The Balaban J connectivity index is 1.83. The molecule has 2 fully saturated rings. The van der Waals surface area contributed by atoms with Gasteiger partial charge in [0.05, 0.1) is 18.8 Å². The Morgan fingerprint density at radius 2 is 2.22 bits per heavy atom. The van der Waals surface area contributed by atoms with Gasteiger partial charge in [0.1, 0.15) is 0 Å². The van der Waals surface area contributed by atoms with Gasteiger partial charge < -0.3 is 14.5 Å². The highest BCUT2D eigenvalue weighted by Crippen LogP contribution is 2.26. The predicted molar refractivity (Wildman–Crippen MR) is 70.0 cm³/mol. The lowest BCUT2D eigenvalue weighted by atomic mass is 9.99. The molecule has 0 aromatic carbocycles. The first-order chi connectivity index (χ1) is 8.74. The maximum atomic E-state index is 5.86. The fourth-order valence-corrected chi connectivity index (χ4v) is 2.88. The molecule has 2 aliphatic heterocycles. The Kier molecular flexibility index (Phi) is 3.37. The van der Waals surface area contributed by atoms with Crippen LogP contribution < -0.4 is 4.90 Å².